The van der Waals surface area contributed by atoms with Crippen LogP contribution in [-0.4, -0.2) is 18.6 Å². The van der Waals surface area contributed by atoms with Crippen molar-refractivity contribution in [2.24, 2.45) is 0 Å². The highest BCUT2D eigenvalue weighted by molar-refractivity contribution is 5.85. The Kier molecular flexibility index (Phi) is 5.87. The number of aromatic amines is 1. The predicted octanol–water partition coefficient (Wildman–Crippen LogP) is 3.93. The average Bonchev–Trinajstić information content (AvgIpc) is 2.95. The summed E-state index contributed by atoms with van der Waals surface area (Å²) >= 11 is 0. The van der Waals surface area contributed by atoms with Gasteiger partial charge in [-0.25, -0.2) is 0 Å². The van der Waals surface area contributed by atoms with Crippen molar-refractivity contribution in [3.05, 3.63) is 65.9 Å². The van der Waals surface area contributed by atoms with Gasteiger partial charge in [0.1, 0.15) is 5.75 Å². The lowest BCUT2D eigenvalue weighted by Crippen LogP contribution is -2.16. The largest absolute Gasteiger partial charge is 0.497 e. The molecule has 0 bridgehead atoms. The van der Waals surface area contributed by atoms with E-state index >= 15 is 0 Å². The van der Waals surface area contributed by atoms with Gasteiger partial charge in [0.15, 0.2) is 0 Å². The second-order valence-corrected chi connectivity index (χ2v) is 5.13. The first-order valence-electron chi connectivity index (χ1n) is 7.25. The zero-order valence-corrected chi connectivity index (χ0v) is 13.5. The Hall–Kier alpha value is -1.97. The van der Waals surface area contributed by atoms with Crippen LogP contribution in [0.2, 0.25) is 0 Å². The highest BCUT2D eigenvalue weighted by Gasteiger charge is 2.02. The quantitative estimate of drug-likeness (QED) is 0.676. The van der Waals surface area contributed by atoms with Gasteiger partial charge in [0.25, 0.3) is 0 Å². The zero-order valence-electron chi connectivity index (χ0n) is 12.6. The lowest BCUT2D eigenvalue weighted by Gasteiger charge is -2.06. The summed E-state index contributed by atoms with van der Waals surface area (Å²) in [4.78, 5) is 3.32. The summed E-state index contributed by atoms with van der Waals surface area (Å²) in [6.45, 7) is 1.85. The molecule has 0 spiro atoms. The van der Waals surface area contributed by atoms with Gasteiger partial charge in [-0.1, -0.05) is 30.3 Å². The van der Waals surface area contributed by atoms with Crippen LogP contribution in [0.1, 0.15) is 11.1 Å². The van der Waals surface area contributed by atoms with Crippen molar-refractivity contribution in [2.75, 3.05) is 13.7 Å². The molecule has 3 nitrogen and oxygen atoms in total. The number of hydrogen-bond donors (Lipinski definition) is 2. The molecule has 2 N–H and O–H groups in total. The van der Waals surface area contributed by atoms with Crippen molar-refractivity contribution in [3.63, 3.8) is 0 Å². The number of fused-ring (bicyclic) bond motifs is 1. The van der Waals surface area contributed by atoms with E-state index in [0.717, 1.165) is 25.3 Å². The van der Waals surface area contributed by atoms with Gasteiger partial charge in [-0.2, -0.15) is 0 Å². The molecule has 0 radical (unpaired) electrons. The molecule has 0 amide bonds. The number of aromatic nitrogens is 1. The van der Waals surface area contributed by atoms with Gasteiger partial charge >= 0.3 is 0 Å². The Balaban J connectivity index is 0.00000176. The molecule has 3 aromatic rings. The number of hydrogen-bond acceptors (Lipinski definition) is 2. The van der Waals surface area contributed by atoms with E-state index < -0.39 is 0 Å². The molecular formula is C18H21ClN2O. The van der Waals surface area contributed by atoms with E-state index in [2.05, 4.69) is 52.9 Å². The fraction of sp³-hybridized carbons (Fsp3) is 0.222. The molecule has 0 atom stereocenters. The first-order chi connectivity index (χ1) is 10.4. The number of para-hydroxylation sites is 1. The maximum absolute atomic E-state index is 5.16. The van der Waals surface area contributed by atoms with Crippen LogP contribution in [0.4, 0.5) is 0 Å². The molecule has 116 valence electrons. The highest BCUT2D eigenvalue weighted by atomic mass is 35.5. The van der Waals surface area contributed by atoms with Crippen LogP contribution in [0.3, 0.4) is 0 Å². The van der Waals surface area contributed by atoms with E-state index in [1.807, 2.05) is 12.1 Å². The van der Waals surface area contributed by atoms with E-state index in [1.54, 1.807) is 7.11 Å². The standard InChI is InChI=1S/C18H20N2O.ClH/c1-21-16-8-6-14(7-9-16)12-19-11-10-15-13-20-18-5-3-2-4-17(15)18;/h2-9,13,19-20H,10-12H2,1H3;1H. The minimum absolute atomic E-state index is 0. The Labute approximate surface area is 137 Å². The first-order valence-corrected chi connectivity index (χ1v) is 7.25. The van der Waals surface area contributed by atoms with Crippen LogP contribution in [0, 0.1) is 0 Å². The number of rotatable bonds is 6. The van der Waals surface area contributed by atoms with Gasteiger partial charge in [0.05, 0.1) is 7.11 Å². The van der Waals surface area contributed by atoms with Gasteiger partial charge in [-0.15, -0.1) is 12.4 Å². The maximum Gasteiger partial charge on any atom is 0.118 e. The fourth-order valence-electron chi connectivity index (χ4n) is 2.54. The second kappa shape index (κ2) is 7.87. The van der Waals surface area contributed by atoms with E-state index in [1.165, 1.54) is 22.0 Å². The Morgan fingerprint density at radius 2 is 1.82 bits per heavy atom. The minimum Gasteiger partial charge on any atom is -0.497 e. The molecule has 0 aliphatic rings. The number of H-pyrrole nitrogens is 1. The van der Waals surface area contributed by atoms with Crippen molar-refractivity contribution in [3.8, 4) is 5.75 Å². The van der Waals surface area contributed by atoms with E-state index in [4.69, 9.17) is 4.74 Å². The predicted molar refractivity (Wildman–Crippen MR) is 94.0 cm³/mol. The summed E-state index contributed by atoms with van der Waals surface area (Å²) in [5, 5.41) is 4.81. The van der Waals surface area contributed by atoms with Crippen molar-refractivity contribution in [2.45, 2.75) is 13.0 Å². The van der Waals surface area contributed by atoms with Crippen LogP contribution in [0.5, 0.6) is 5.75 Å². The van der Waals surface area contributed by atoms with Crippen molar-refractivity contribution in [1.29, 1.82) is 0 Å². The monoisotopic (exact) mass is 316 g/mol. The van der Waals surface area contributed by atoms with Crippen molar-refractivity contribution in [1.82, 2.24) is 10.3 Å². The molecule has 0 fully saturated rings. The smallest absolute Gasteiger partial charge is 0.118 e. The van der Waals surface area contributed by atoms with Gasteiger partial charge in [0.2, 0.25) is 0 Å². The lowest BCUT2D eigenvalue weighted by atomic mass is 10.1. The number of methoxy groups -OCH3 is 1. The van der Waals surface area contributed by atoms with Crippen LogP contribution in [0.15, 0.2) is 54.7 Å². The SMILES string of the molecule is COc1ccc(CNCCc2c[nH]c3ccccc23)cc1.Cl. The topological polar surface area (TPSA) is 37.0 Å². The van der Waals surface area contributed by atoms with Crippen molar-refractivity contribution >= 4 is 23.3 Å². The molecule has 0 saturated heterocycles. The molecule has 0 aliphatic heterocycles. The van der Waals surface area contributed by atoms with E-state index in [0.29, 0.717) is 0 Å². The number of nitrogens with one attached hydrogen (secondary N) is 2. The molecule has 3 rings (SSSR count). The maximum atomic E-state index is 5.16. The third-order valence-electron chi connectivity index (χ3n) is 3.73. The molecule has 0 unspecified atom stereocenters. The Morgan fingerprint density at radius 3 is 2.59 bits per heavy atom. The van der Waals surface area contributed by atoms with Crippen LogP contribution >= 0.6 is 12.4 Å². The van der Waals surface area contributed by atoms with E-state index in [9.17, 15) is 0 Å². The Bertz CT molecular complexity index is 706. The summed E-state index contributed by atoms with van der Waals surface area (Å²) < 4.78 is 5.16. The second-order valence-electron chi connectivity index (χ2n) is 5.13. The van der Waals surface area contributed by atoms with Gasteiger partial charge in [0, 0.05) is 23.6 Å². The number of halogens is 1. The highest BCUT2D eigenvalue weighted by Crippen LogP contribution is 2.17. The van der Waals surface area contributed by atoms with Crippen LogP contribution in [0.25, 0.3) is 10.9 Å². The molecule has 22 heavy (non-hydrogen) atoms. The first kappa shape index (κ1) is 16.4. The van der Waals surface area contributed by atoms with Crippen LogP contribution < -0.4 is 10.1 Å². The normalized spacial score (nSPS) is 10.4. The summed E-state index contributed by atoms with van der Waals surface area (Å²) in [7, 11) is 1.69. The van der Waals surface area contributed by atoms with E-state index in [-0.39, 0.29) is 12.4 Å². The third kappa shape index (κ3) is 3.81. The van der Waals surface area contributed by atoms with Gasteiger partial charge < -0.3 is 15.0 Å². The molecule has 2 aromatic carbocycles. The van der Waals surface area contributed by atoms with Crippen LogP contribution in [-0.2, 0) is 13.0 Å². The summed E-state index contributed by atoms with van der Waals surface area (Å²) in [6, 6.07) is 16.6. The third-order valence-corrected chi connectivity index (χ3v) is 3.73. The van der Waals surface area contributed by atoms with Gasteiger partial charge in [-0.3, -0.25) is 0 Å². The molecule has 1 aromatic heterocycles. The molecule has 0 aliphatic carbocycles. The molecule has 4 heteroatoms. The number of ether oxygens (including phenoxy) is 1. The number of benzene rings is 2. The minimum atomic E-state index is 0. The zero-order chi connectivity index (χ0) is 14.5. The summed E-state index contributed by atoms with van der Waals surface area (Å²) in [6.07, 6.45) is 3.14. The fourth-order valence-corrected chi connectivity index (χ4v) is 2.54. The van der Waals surface area contributed by atoms with Gasteiger partial charge in [-0.05, 0) is 42.3 Å². The molecular weight excluding hydrogens is 296 g/mol. The summed E-state index contributed by atoms with van der Waals surface area (Å²) in [5.74, 6) is 0.901. The summed E-state index contributed by atoms with van der Waals surface area (Å²) in [5.41, 5.74) is 3.85. The molecule has 1 heterocycles. The average molecular weight is 317 g/mol. The lowest BCUT2D eigenvalue weighted by molar-refractivity contribution is 0.414. The Morgan fingerprint density at radius 1 is 1.05 bits per heavy atom. The van der Waals surface area contributed by atoms with Crippen molar-refractivity contribution < 1.29 is 4.74 Å². The molecule has 0 saturated carbocycles.